The zero-order valence-corrected chi connectivity index (χ0v) is 15.2. The van der Waals surface area contributed by atoms with Crippen molar-refractivity contribution in [3.8, 4) is 5.75 Å². The smallest absolute Gasteiger partial charge is 0.406 e. The molecule has 0 aliphatic carbocycles. The number of nitrogens with zero attached hydrogens (tertiary/aromatic N) is 1. The monoisotopic (exact) mass is 401 g/mol. The van der Waals surface area contributed by atoms with Crippen molar-refractivity contribution in [1.29, 1.82) is 0 Å². The van der Waals surface area contributed by atoms with Crippen molar-refractivity contribution < 1.29 is 27.5 Å². The van der Waals surface area contributed by atoms with Gasteiger partial charge in [-0.2, -0.15) is 0 Å². The second-order valence-electron chi connectivity index (χ2n) is 5.67. The first-order chi connectivity index (χ1) is 12.7. The first kappa shape index (κ1) is 20.7. The number of rotatable bonds is 7. The van der Waals surface area contributed by atoms with E-state index >= 15 is 0 Å². The second kappa shape index (κ2) is 9.38. The quantitative estimate of drug-likeness (QED) is 0.748. The topological polar surface area (TPSA) is 70.7 Å². The van der Waals surface area contributed by atoms with Gasteiger partial charge in [0.1, 0.15) is 5.75 Å². The van der Waals surface area contributed by atoms with Gasteiger partial charge in [-0.15, -0.1) is 24.5 Å². The van der Waals surface area contributed by atoms with Crippen molar-refractivity contribution in [2.45, 2.75) is 19.5 Å². The Bertz CT molecular complexity index is 749. The number of amides is 3. The highest BCUT2D eigenvalue weighted by Gasteiger charge is 2.30. The number of urea groups is 1. The number of carbonyl (C=O) groups is 2. The summed E-state index contributed by atoms with van der Waals surface area (Å²) in [6.45, 7) is 0.600. The van der Waals surface area contributed by atoms with E-state index in [-0.39, 0.29) is 12.3 Å². The fourth-order valence-electron chi connectivity index (χ4n) is 2.20. The summed E-state index contributed by atoms with van der Waals surface area (Å²) >= 11 is 1.49. The minimum atomic E-state index is -4.74. The molecule has 1 heterocycles. The van der Waals surface area contributed by atoms with Crippen molar-refractivity contribution >= 4 is 23.3 Å². The molecule has 0 saturated carbocycles. The van der Waals surface area contributed by atoms with E-state index in [1.807, 2.05) is 17.5 Å². The van der Waals surface area contributed by atoms with Gasteiger partial charge in [0.25, 0.3) is 0 Å². The van der Waals surface area contributed by atoms with Crippen molar-refractivity contribution in [3.63, 3.8) is 0 Å². The Labute approximate surface area is 157 Å². The van der Waals surface area contributed by atoms with Gasteiger partial charge in [-0.1, -0.05) is 18.2 Å². The molecule has 27 heavy (non-hydrogen) atoms. The molecule has 10 heteroatoms. The van der Waals surface area contributed by atoms with E-state index < -0.39 is 18.3 Å². The Balaban J connectivity index is 1.73. The first-order valence-electron chi connectivity index (χ1n) is 7.84. The van der Waals surface area contributed by atoms with Crippen LogP contribution in [0.2, 0.25) is 0 Å². The zero-order valence-electron chi connectivity index (χ0n) is 14.4. The predicted octanol–water partition coefficient (Wildman–Crippen LogP) is 3.10. The summed E-state index contributed by atoms with van der Waals surface area (Å²) in [6.07, 6.45) is -4.74. The van der Waals surface area contributed by atoms with E-state index in [0.717, 1.165) is 4.88 Å². The third-order valence-corrected chi connectivity index (χ3v) is 4.16. The van der Waals surface area contributed by atoms with E-state index in [9.17, 15) is 22.8 Å². The number of carbonyl (C=O) groups excluding carboxylic acids is 2. The molecule has 3 amide bonds. The lowest BCUT2D eigenvalue weighted by molar-refractivity contribution is -0.274. The molecule has 146 valence electrons. The number of imide groups is 1. The lowest BCUT2D eigenvalue weighted by Gasteiger charge is -2.16. The number of alkyl halides is 3. The van der Waals surface area contributed by atoms with Crippen LogP contribution in [-0.4, -0.2) is 36.8 Å². The molecule has 2 N–H and O–H groups in total. The molecule has 1 aromatic carbocycles. The van der Waals surface area contributed by atoms with Crippen LogP contribution in [-0.2, 0) is 17.9 Å². The first-order valence-corrected chi connectivity index (χ1v) is 8.72. The number of benzene rings is 1. The number of nitrogens with one attached hydrogen (secondary N) is 2. The van der Waals surface area contributed by atoms with E-state index in [4.69, 9.17) is 0 Å². The lowest BCUT2D eigenvalue weighted by Crippen LogP contribution is -2.43. The van der Waals surface area contributed by atoms with Gasteiger partial charge >= 0.3 is 12.4 Å². The molecule has 0 radical (unpaired) electrons. The van der Waals surface area contributed by atoms with Gasteiger partial charge in [-0.3, -0.25) is 15.0 Å². The molecule has 0 aliphatic rings. The lowest BCUT2D eigenvalue weighted by atomic mass is 10.2. The van der Waals surface area contributed by atoms with Crippen molar-refractivity contribution in [3.05, 3.63) is 52.2 Å². The van der Waals surface area contributed by atoms with Crippen molar-refractivity contribution in [2.24, 2.45) is 0 Å². The summed E-state index contributed by atoms with van der Waals surface area (Å²) in [5, 5.41) is 6.69. The number of thiophene rings is 1. The number of hydrogen-bond acceptors (Lipinski definition) is 5. The van der Waals surface area contributed by atoms with E-state index in [0.29, 0.717) is 18.7 Å². The second-order valence-corrected chi connectivity index (χ2v) is 6.71. The number of ether oxygens (including phenoxy) is 1. The normalized spacial score (nSPS) is 11.3. The van der Waals surface area contributed by atoms with Crippen LogP contribution in [0.1, 0.15) is 10.4 Å². The SMILES string of the molecule is CN(CC(=O)NC(=O)NCc1cccs1)Cc1ccc(OC(F)(F)F)cc1. The summed E-state index contributed by atoms with van der Waals surface area (Å²) in [6, 6.07) is 8.50. The summed E-state index contributed by atoms with van der Waals surface area (Å²) in [5.41, 5.74) is 0.696. The van der Waals surface area contributed by atoms with Gasteiger partial charge in [0, 0.05) is 11.4 Å². The average molecular weight is 401 g/mol. The molecule has 1 aromatic heterocycles. The van der Waals surface area contributed by atoms with Crippen LogP contribution in [0.5, 0.6) is 5.75 Å². The molecule has 0 saturated heterocycles. The fourth-order valence-corrected chi connectivity index (χ4v) is 2.84. The van der Waals surface area contributed by atoms with E-state index in [1.165, 1.54) is 35.6 Å². The van der Waals surface area contributed by atoms with Crippen molar-refractivity contribution in [2.75, 3.05) is 13.6 Å². The van der Waals surface area contributed by atoms with Crippen LogP contribution >= 0.6 is 11.3 Å². The molecule has 2 aromatic rings. The van der Waals surface area contributed by atoms with Crippen LogP contribution in [0.15, 0.2) is 41.8 Å². The highest BCUT2D eigenvalue weighted by atomic mass is 32.1. The van der Waals surface area contributed by atoms with Gasteiger partial charge in [-0.05, 0) is 36.2 Å². The molecule has 0 bridgehead atoms. The average Bonchev–Trinajstić information content (AvgIpc) is 3.06. The van der Waals surface area contributed by atoms with Crippen molar-refractivity contribution in [1.82, 2.24) is 15.5 Å². The Kier molecular flexibility index (Phi) is 7.19. The van der Waals surface area contributed by atoms with Gasteiger partial charge in [-0.25, -0.2) is 4.79 Å². The highest BCUT2D eigenvalue weighted by molar-refractivity contribution is 7.09. The standard InChI is InChI=1S/C17H18F3N3O3S/c1-23(10-12-4-6-13(7-5-12)26-17(18,19)20)11-15(24)22-16(25)21-9-14-3-2-8-27-14/h2-8H,9-11H2,1H3,(H2,21,22,24,25). The Hall–Kier alpha value is -2.59. The summed E-state index contributed by atoms with van der Waals surface area (Å²) in [5.74, 6) is -0.799. The maximum atomic E-state index is 12.1. The van der Waals surface area contributed by atoms with E-state index in [1.54, 1.807) is 11.9 Å². The van der Waals surface area contributed by atoms with E-state index in [2.05, 4.69) is 15.4 Å². The third-order valence-electron chi connectivity index (χ3n) is 3.28. The Morgan fingerprint density at radius 3 is 2.48 bits per heavy atom. The van der Waals surface area contributed by atoms with Gasteiger partial charge in [0.2, 0.25) is 5.91 Å². The van der Waals surface area contributed by atoms with Crippen LogP contribution in [0.4, 0.5) is 18.0 Å². The molecule has 0 aliphatic heterocycles. The third kappa shape index (κ3) is 8.09. The minimum Gasteiger partial charge on any atom is -0.406 e. The van der Waals surface area contributed by atoms with Crippen LogP contribution in [0, 0.1) is 0 Å². The molecule has 0 spiro atoms. The molecule has 2 rings (SSSR count). The molecular weight excluding hydrogens is 383 g/mol. The maximum absolute atomic E-state index is 12.1. The largest absolute Gasteiger partial charge is 0.573 e. The van der Waals surface area contributed by atoms with Crippen LogP contribution in [0.3, 0.4) is 0 Å². The Morgan fingerprint density at radius 1 is 1.19 bits per heavy atom. The molecular formula is C17H18F3N3O3S. The highest BCUT2D eigenvalue weighted by Crippen LogP contribution is 2.22. The van der Waals surface area contributed by atoms with Gasteiger partial charge in [0.05, 0.1) is 13.1 Å². The molecule has 6 nitrogen and oxygen atoms in total. The van der Waals surface area contributed by atoms with Gasteiger partial charge in [0.15, 0.2) is 0 Å². The molecule has 0 unspecified atom stereocenters. The predicted molar refractivity (Wildman–Crippen MR) is 94.2 cm³/mol. The zero-order chi connectivity index (χ0) is 19.9. The Morgan fingerprint density at radius 2 is 1.89 bits per heavy atom. The number of halogens is 3. The number of hydrogen-bond donors (Lipinski definition) is 2. The van der Waals surface area contributed by atoms with Crippen LogP contribution in [0.25, 0.3) is 0 Å². The maximum Gasteiger partial charge on any atom is 0.573 e. The fraction of sp³-hybridized carbons (Fsp3) is 0.294. The summed E-state index contributed by atoms with van der Waals surface area (Å²) in [7, 11) is 1.66. The number of likely N-dealkylation sites (N-methyl/N-ethyl adjacent to an activating group) is 1. The minimum absolute atomic E-state index is 0.0484. The van der Waals surface area contributed by atoms with Crippen LogP contribution < -0.4 is 15.4 Å². The molecule has 0 fully saturated rings. The molecule has 0 atom stereocenters. The van der Waals surface area contributed by atoms with Gasteiger partial charge < -0.3 is 10.1 Å². The summed E-state index contributed by atoms with van der Waals surface area (Å²) in [4.78, 5) is 26.1. The summed E-state index contributed by atoms with van der Waals surface area (Å²) < 4.78 is 40.2.